The zero-order valence-corrected chi connectivity index (χ0v) is 9.57. The van der Waals surface area contributed by atoms with Gasteiger partial charge in [-0.05, 0) is 19.0 Å². The molecule has 0 spiro atoms. The molecule has 1 aliphatic heterocycles. The lowest BCUT2D eigenvalue weighted by molar-refractivity contribution is -0.131. The number of rotatable bonds is 6. The number of nitrogens with zero attached hydrogens (tertiary/aromatic N) is 1. The number of alkyl halides is 2. The van der Waals surface area contributed by atoms with E-state index in [1.807, 2.05) is 0 Å². The van der Waals surface area contributed by atoms with Crippen LogP contribution < -0.4 is 0 Å². The molecule has 0 aromatic rings. The molecule has 0 amide bonds. The summed E-state index contributed by atoms with van der Waals surface area (Å²) in [6.45, 7) is 3.44. The first-order valence-electron chi connectivity index (χ1n) is 5.60. The van der Waals surface area contributed by atoms with E-state index in [4.69, 9.17) is 9.84 Å². The van der Waals surface area contributed by atoms with Crippen molar-refractivity contribution in [2.45, 2.75) is 18.8 Å². The first-order valence-corrected chi connectivity index (χ1v) is 5.60. The second-order valence-corrected chi connectivity index (χ2v) is 3.99. The largest absolute Gasteiger partial charge is 0.478 e. The lowest BCUT2D eigenvalue weighted by Gasteiger charge is -2.26. The van der Waals surface area contributed by atoms with Crippen molar-refractivity contribution in [1.82, 2.24) is 4.90 Å². The first kappa shape index (κ1) is 14.1. The molecule has 0 unspecified atom stereocenters. The molecule has 98 valence electrons. The molecule has 1 saturated heterocycles. The highest BCUT2D eigenvalue weighted by molar-refractivity contribution is 5.79. The van der Waals surface area contributed by atoms with E-state index >= 15 is 0 Å². The van der Waals surface area contributed by atoms with Crippen LogP contribution in [0.5, 0.6) is 0 Å². The minimum atomic E-state index is -3.04. The monoisotopic (exact) mass is 249 g/mol. The number of allylic oxidation sites excluding steroid dienone is 1. The summed E-state index contributed by atoms with van der Waals surface area (Å²) in [6.07, 6.45) is 0.967. The Bertz CT molecular complexity index is 276. The van der Waals surface area contributed by atoms with Crippen LogP contribution in [0.2, 0.25) is 0 Å². The number of aliphatic carboxylic acids is 1. The number of carboxylic acids is 1. The quantitative estimate of drug-likeness (QED) is 0.722. The summed E-state index contributed by atoms with van der Waals surface area (Å²) in [5, 5.41) is 8.26. The molecule has 0 aliphatic carbocycles. The minimum absolute atomic E-state index is 0.325. The van der Waals surface area contributed by atoms with Gasteiger partial charge in [-0.2, -0.15) is 0 Å². The van der Waals surface area contributed by atoms with Gasteiger partial charge in [0.05, 0.1) is 13.2 Å². The fraction of sp³-hybridized carbons (Fsp3) is 0.727. The topological polar surface area (TPSA) is 49.8 Å². The van der Waals surface area contributed by atoms with Gasteiger partial charge in [-0.15, -0.1) is 0 Å². The first-order chi connectivity index (χ1) is 7.99. The number of morpholine rings is 1. The number of hydrogen-bond acceptors (Lipinski definition) is 3. The highest BCUT2D eigenvalue weighted by Gasteiger charge is 2.25. The standard InChI is InChI=1S/C11H17F2NO3/c12-11(13,4-2-10(15)16)3-1-5-14-6-8-17-9-7-14/h2,4H,1,3,5-9H2,(H,15,16). The summed E-state index contributed by atoms with van der Waals surface area (Å²) < 4.78 is 31.4. The highest BCUT2D eigenvalue weighted by Crippen LogP contribution is 2.22. The average molecular weight is 249 g/mol. The molecule has 0 aromatic carbocycles. The van der Waals surface area contributed by atoms with Crippen LogP contribution in [0.15, 0.2) is 12.2 Å². The number of carboxylic acid groups (broad SMARTS) is 1. The summed E-state index contributed by atoms with van der Waals surface area (Å²) in [5.74, 6) is -4.39. The Morgan fingerprint density at radius 3 is 2.65 bits per heavy atom. The van der Waals surface area contributed by atoms with Gasteiger partial charge in [0.2, 0.25) is 0 Å². The van der Waals surface area contributed by atoms with Gasteiger partial charge in [-0.1, -0.05) is 0 Å². The van der Waals surface area contributed by atoms with Gasteiger partial charge in [0.25, 0.3) is 5.92 Å². The van der Waals surface area contributed by atoms with Crippen molar-refractivity contribution < 1.29 is 23.4 Å². The Labute approximate surface area is 98.9 Å². The molecule has 6 heteroatoms. The normalized spacial score (nSPS) is 18.7. The molecule has 4 nitrogen and oxygen atoms in total. The summed E-state index contributed by atoms with van der Waals surface area (Å²) in [6, 6.07) is 0. The maximum atomic E-state index is 13.1. The van der Waals surface area contributed by atoms with Crippen LogP contribution >= 0.6 is 0 Å². The fourth-order valence-electron chi connectivity index (χ4n) is 1.64. The minimum Gasteiger partial charge on any atom is -0.478 e. The third kappa shape index (κ3) is 6.33. The molecule has 0 bridgehead atoms. The van der Waals surface area contributed by atoms with Crippen LogP contribution in [0.3, 0.4) is 0 Å². The SMILES string of the molecule is O=C(O)C=CC(F)(F)CCCN1CCOCC1. The van der Waals surface area contributed by atoms with Gasteiger partial charge in [-0.3, -0.25) is 4.90 Å². The summed E-state index contributed by atoms with van der Waals surface area (Å²) >= 11 is 0. The average Bonchev–Trinajstić information content (AvgIpc) is 2.28. The number of halogens is 2. The van der Waals surface area contributed by atoms with Crippen molar-refractivity contribution in [2.75, 3.05) is 32.8 Å². The van der Waals surface area contributed by atoms with Gasteiger partial charge in [0.15, 0.2) is 0 Å². The van der Waals surface area contributed by atoms with Crippen molar-refractivity contribution in [3.05, 3.63) is 12.2 Å². The predicted molar refractivity (Wildman–Crippen MR) is 58.2 cm³/mol. The van der Waals surface area contributed by atoms with E-state index < -0.39 is 11.9 Å². The van der Waals surface area contributed by atoms with Gasteiger partial charge < -0.3 is 9.84 Å². The number of hydrogen-bond donors (Lipinski definition) is 1. The summed E-state index contributed by atoms with van der Waals surface area (Å²) in [7, 11) is 0. The molecule has 1 fully saturated rings. The molecule has 0 atom stereocenters. The maximum absolute atomic E-state index is 13.1. The lowest BCUT2D eigenvalue weighted by Crippen LogP contribution is -2.37. The van der Waals surface area contributed by atoms with Crippen LogP contribution in [0.25, 0.3) is 0 Å². The van der Waals surface area contributed by atoms with Gasteiger partial charge in [0, 0.05) is 25.6 Å². The molecule has 1 heterocycles. The van der Waals surface area contributed by atoms with Gasteiger partial charge in [0.1, 0.15) is 0 Å². The number of carbonyl (C=O) groups is 1. The zero-order valence-electron chi connectivity index (χ0n) is 9.57. The Morgan fingerprint density at radius 2 is 2.06 bits per heavy atom. The van der Waals surface area contributed by atoms with Crippen molar-refractivity contribution in [3.63, 3.8) is 0 Å². The van der Waals surface area contributed by atoms with E-state index in [0.29, 0.717) is 38.3 Å². The second-order valence-electron chi connectivity index (χ2n) is 3.99. The van der Waals surface area contributed by atoms with Crippen molar-refractivity contribution >= 4 is 5.97 Å². The third-order valence-corrected chi connectivity index (χ3v) is 2.56. The van der Waals surface area contributed by atoms with Crippen molar-refractivity contribution in [2.24, 2.45) is 0 Å². The molecule has 17 heavy (non-hydrogen) atoms. The Kier molecular flexibility index (Phi) is 5.50. The molecule has 0 aromatic heterocycles. The Morgan fingerprint density at radius 1 is 1.41 bits per heavy atom. The fourth-order valence-corrected chi connectivity index (χ4v) is 1.64. The highest BCUT2D eigenvalue weighted by atomic mass is 19.3. The lowest BCUT2D eigenvalue weighted by atomic mass is 10.1. The van der Waals surface area contributed by atoms with E-state index in [1.165, 1.54) is 0 Å². The summed E-state index contributed by atoms with van der Waals surface area (Å²) in [4.78, 5) is 12.2. The van der Waals surface area contributed by atoms with E-state index in [1.54, 1.807) is 0 Å². The third-order valence-electron chi connectivity index (χ3n) is 2.56. The molecule has 1 aliphatic rings. The van der Waals surface area contributed by atoms with Crippen LogP contribution in [0, 0.1) is 0 Å². The van der Waals surface area contributed by atoms with E-state index in [9.17, 15) is 13.6 Å². The van der Waals surface area contributed by atoms with Crippen molar-refractivity contribution in [3.8, 4) is 0 Å². The van der Waals surface area contributed by atoms with E-state index in [2.05, 4.69) is 4.90 Å². The van der Waals surface area contributed by atoms with Gasteiger partial charge >= 0.3 is 5.97 Å². The Hall–Kier alpha value is -1.01. The molecular weight excluding hydrogens is 232 g/mol. The number of ether oxygens (including phenoxy) is 1. The van der Waals surface area contributed by atoms with Gasteiger partial charge in [-0.25, -0.2) is 13.6 Å². The molecular formula is C11H17F2NO3. The Balaban J connectivity index is 2.21. The zero-order chi connectivity index (χ0) is 12.7. The second kappa shape index (κ2) is 6.66. The smallest absolute Gasteiger partial charge is 0.328 e. The maximum Gasteiger partial charge on any atom is 0.328 e. The van der Waals surface area contributed by atoms with E-state index in [0.717, 1.165) is 13.1 Å². The summed E-state index contributed by atoms with van der Waals surface area (Å²) in [5.41, 5.74) is 0. The molecule has 1 rings (SSSR count). The predicted octanol–water partition coefficient (Wildman–Crippen LogP) is 1.37. The molecule has 0 saturated carbocycles. The van der Waals surface area contributed by atoms with Crippen LogP contribution in [-0.4, -0.2) is 54.7 Å². The molecule has 0 radical (unpaired) electrons. The van der Waals surface area contributed by atoms with Crippen LogP contribution in [0.1, 0.15) is 12.8 Å². The van der Waals surface area contributed by atoms with E-state index in [-0.39, 0.29) is 6.42 Å². The van der Waals surface area contributed by atoms with Crippen molar-refractivity contribution in [1.29, 1.82) is 0 Å². The molecule has 1 N–H and O–H groups in total. The van der Waals surface area contributed by atoms with Crippen LogP contribution in [0.4, 0.5) is 8.78 Å². The van der Waals surface area contributed by atoms with Crippen LogP contribution in [-0.2, 0) is 9.53 Å².